The molecule has 1 rings (SSSR count). The Balaban J connectivity index is 3.22. The first kappa shape index (κ1) is 14.4. The lowest BCUT2D eigenvalue weighted by Gasteiger charge is -2.38. The van der Waals surface area contributed by atoms with Crippen molar-refractivity contribution in [2.24, 2.45) is 0 Å². The zero-order valence-electron chi connectivity index (χ0n) is 11.8. The minimum absolute atomic E-state index is 0.410. The minimum atomic E-state index is -0.958. The lowest BCUT2D eigenvalue weighted by molar-refractivity contribution is 0.0238. The van der Waals surface area contributed by atoms with E-state index in [-0.39, 0.29) is 0 Å². The number of nitriles is 1. The van der Waals surface area contributed by atoms with Crippen LogP contribution in [0.3, 0.4) is 0 Å². The summed E-state index contributed by atoms with van der Waals surface area (Å²) < 4.78 is 0. The van der Waals surface area contributed by atoms with Gasteiger partial charge in [-0.15, -0.1) is 5.10 Å². The van der Waals surface area contributed by atoms with Gasteiger partial charge in [-0.05, 0) is 47.1 Å². The van der Waals surface area contributed by atoms with Gasteiger partial charge in [-0.2, -0.15) is 10.4 Å². The second-order valence-electron chi connectivity index (χ2n) is 5.55. The van der Waals surface area contributed by atoms with Gasteiger partial charge in [0.25, 0.3) is 0 Å². The molecule has 2 N–H and O–H groups in total. The van der Waals surface area contributed by atoms with Crippen LogP contribution in [0, 0.1) is 25.2 Å². The smallest absolute Gasteiger partial charge is 0.167 e. The van der Waals surface area contributed by atoms with E-state index < -0.39 is 11.1 Å². The number of anilines is 1. The van der Waals surface area contributed by atoms with Gasteiger partial charge in [0.15, 0.2) is 5.82 Å². The number of aliphatic hydroxyl groups is 1. The van der Waals surface area contributed by atoms with Crippen LogP contribution in [-0.2, 0) is 0 Å². The van der Waals surface area contributed by atoms with Crippen LogP contribution in [0.1, 0.15) is 44.5 Å². The van der Waals surface area contributed by atoms with E-state index in [1.165, 1.54) is 0 Å². The molecule has 0 aromatic carbocycles. The summed E-state index contributed by atoms with van der Waals surface area (Å²) in [6, 6.07) is 2.13. The monoisotopic (exact) mass is 248 g/mol. The number of hydrogen-bond donors (Lipinski definition) is 2. The average molecular weight is 248 g/mol. The third-order valence-electron chi connectivity index (χ3n) is 3.53. The van der Waals surface area contributed by atoms with Crippen molar-refractivity contribution >= 4 is 5.82 Å². The van der Waals surface area contributed by atoms with Crippen LogP contribution in [-0.4, -0.2) is 26.4 Å². The molecule has 0 radical (unpaired) electrons. The third-order valence-corrected chi connectivity index (χ3v) is 3.53. The van der Waals surface area contributed by atoms with Crippen molar-refractivity contribution in [1.82, 2.24) is 10.2 Å². The van der Waals surface area contributed by atoms with E-state index in [0.29, 0.717) is 11.4 Å². The first-order valence-corrected chi connectivity index (χ1v) is 5.84. The van der Waals surface area contributed by atoms with E-state index >= 15 is 0 Å². The Bertz CT molecular complexity index is 495. The predicted molar refractivity (Wildman–Crippen MR) is 70.2 cm³/mol. The molecule has 5 nitrogen and oxygen atoms in total. The van der Waals surface area contributed by atoms with Gasteiger partial charge in [-0.1, -0.05) is 0 Å². The first-order chi connectivity index (χ1) is 8.10. The number of rotatable bonds is 3. The summed E-state index contributed by atoms with van der Waals surface area (Å²) in [6.45, 7) is 10.8. The molecule has 5 heteroatoms. The summed E-state index contributed by atoms with van der Waals surface area (Å²) in [5.41, 5.74) is 0.425. The van der Waals surface area contributed by atoms with Crippen LogP contribution in [0.5, 0.6) is 0 Å². The number of nitrogens with one attached hydrogen (secondary N) is 1. The van der Waals surface area contributed by atoms with Crippen LogP contribution in [0.15, 0.2) is 0 Å². The quantitative estimate of drug-likeness (QED) is 0.854. The van der Waals surface area contributed by atoms with Crippen molar-refractivity contribution in [2.75, 3.05) is 5.32 Å². The third kappa shape index (κ3) is 2.59. The highest BCUT2D eigenvalue weighted by molar-refractivity contribution is 5.57. The number of hydrogen-bond acceptors (Lipinski definition) is 5. The lowest BCUT2D eigenvalue weighted by atomic mass is 9.86. The van der Waals surface area contributed by atoms with Gasteiger partial charge in [0.2, 0.25) is 0 Å². The van der Waals surface area contributed by atoms with Crippen LogP contribution in [0.4, 0.5) is 5.82 Å². The summed E-state index contributed by atoms with van der Waals surface area (Å²) >= 11 is 0. The molecule has 0 bridgehead atoms. The van der Waals surface area contributed by atoms with Gasteiger partial charge >= 0.3 is 0 Å². The summed E-state index contributed by atoms with van der Waals surface area (Å²) in [5.74, 6) is 0.410. The van der Waals surface area contributed by atoms with Gasteiger partial charge in [0.05, 0.1) is 16.8 Å². The fourth-order valence-corrected chi connectivity index (χ4v) is 1.28. The van der Waals surface area contributed by atoms with Crippen molar-refractivity contribution in [2.45, 2.75) is 52.7 Å². The number of aromatic nitrogens is 2. The molecule has 1 aromatic rings. The fraction of sp³-hybridized carbons (Fsp3) is 0.615. The standard InChI is InChI=1S/C13H20N4O/c1-8-9(2)16-17-11(10(8)7-14)15-12(3,4)13(5,6)18/h18H,1-6H3,(H,15,17). The molecule has 0 unspecified atom stereocenters. The SMILES string of the molecule is Cc1nnc(NC(C)(C)C(C)(C)O)c(C#N)c1C. The van der Waals surface area contributed by atoms with E-state index in [9.17, 15) is 10.4 Å². The van der Waals surface area contributed by atoms with Gasteiger partial charge < -0.3 is 10.4 Å². The van der Waals surface area contributed by atoms with Gasteiger partial charge in [-0.3, -0.25) is 0 Å². The summed E-state index contributed by atoms with van der Waals surface area (Å²) in [5, 5.41) is 30.4. The van der Waals surface area contributed by atoms with Crippen molar-refractivity contribution in [3.63, 3.8) is 0 Å². The second kappa shape index (κ2) is 4.54. The molecule has 98 valence electrons. The van der Waals surface area contributed by atoms with Gasteiger partial charge in [0, 0.05) is 0 Å². The molecule has 0 aliphatic carbocycles. The Morgan fingerprint density at radius 1 is 1.17 bits per heavy atom. The highest BCUT2D eigenvalue weighted by Crippen LogP contribution is 2.27. The van der Waals surface area contributed by atoms with Gasteiger partial charge in [0.1, 0.15) is 11.6 Å². The maximum atomic E-state index is 10.1. The second-order valence-corrected chi connectivity index (χ2v) is 5.55. The van der Waals surface area contributed by atoms with Crippen LogP contribution in [0.2, 0.25) is 0 Å². The van der Waals surface area contributed by atoms with Crippen LogP contribution >= 0.6 is 0 Å². The maximum absolute atomic E-state index is 10.1. The Kier molecular flexibility index (Phi) is 3.63. The molecular weight excluding hydrogens is 228 g/mol. The molecular formula is C13H20N4O. The summed E-state index contributed by atoms with van der Waals surface area (Å²) in [7, 11) is 0. The van der Waals surface area contributed by atoms with Crippen molar-refractivity contribution in [1.29, 1.82) is 5.26 Å². The number of nitrogens with zero attached hydrogens (tertiary/aromatic N) is 3. The Hall–Kier alpha value is -1.67. The molecule has 18 heavy (non-hydrogen) atoms. The molecule has 0 saturated heterocycles. The summed E-state index contributed by atoms with van der Waals surface area (Å²) in [6.07, 6.45) is 0. The molecule has 0 saturated carbocycles. The highest BCUT2D eigenvalue weighted by atomic mass is 16.3. The molecule has 0 amide bonds. The van der Waals surface area contributed by atoms with E-state index in [0.717, 1.165) is 11.3 Å². The first-order valence-electron chi connectivity index (χ1n) is 5.84. The zero-order valence-corrected chi connectivity index (χ0v) is 11.8. The molecule has 1 aromatic heterocycles. The zero-order chi connectivity index (χ0) is 14.1. The van der Waals surface area contributed by atoms with E-state index in [1.54, 1.807) is 13.8 Å². The van der Waals surface area contributed by atoms with E-state index in [1.807, 2.05) is 27.7 Å². The maximum Gasteiger partial charge on any atom is 0.167 e. The largest absolute Gasteiger partial charge is 0.388 e. The minimum Gasteiger partial charge on any atom is -0.388 e. The molecule has 0 spiro atoms. The van der Waals surface area contributed by atoms with Crippen LogP contribution < -0.4 is 5.32 Å². The normalized spacial score (nSPS) is 12.1. The van der Waals surface area contributed by atoms with Crippen molar-refractivity contribution in [3.8, 4) is 6.07 Å². The topological polar surface area (TPSA) is 81.8 Å². The number of aryl methyl sites for hydroxylation is 1. The van der Waals surface area contributed by atoms with Gasteiger partial charge in [-0.25, -0.2) is 0 Å². The Labute approximate surface area is 108 Å². The van der Waals surface area contributed by atoms with E-state index in [2.05, 4.69) is 21.6 Å². The average Bonchev–Trinajstić information content (AvgIpc) is 2.22. The Morgan fingerprint density at radius 2 is 1.72 bits per heavy atom. The Morgan fingerprint density at radius 3 is 2.17 bits per heavy atom. The van der Waals surface area contributed by atoms with Crippen LogP contribution in [0.25, 0.3) is 0 Å². The van der Waals surface area contributed by atoms with Crippen molar-refractivity contribution < 1.29 is 5.11 Å². The molecule has 0 aliphatic rings. The van der Waals surface area contributed by atoms with Crippen molar-refractivity contribution in [3.05, 3.63) is 16.8 Å². The van der Waals surface area contributed by atoms with E-state index in [4.69, 9.17) is 0 Å². The predicted octanol–water partition coefficient (Wildman–Crippen LogP) is 1.93. The fourth-order valence-electron chi connectivity index (χ4n) is 1.28. The highest BCUT2D eigenvalue weighted by Gasteiger charge is 2.36. The molecule has 0 fully saturated rings. The molecule has 0 atom stereocenters. The lowest BCUT2D eigenvalue weighted by Crippen LogP contribution is -2.51. The molecule has 1 heterocycles. The molecule has 0 aliphatic heterocycles. The summed E-state index contributed by atoms with van der Waals surface area (Å²) in [4.78, 5) is 0.